The van der Waals surface area contributed by atoms with Crippen molar-refractivity contribution in [2.24, 2.45) is 0 Å². The van der Waals surface area contributed by atoms with Gasteiger partial charge in [-0.15, -0.1) is 11.3 Å². The number of carbonyl (C=O) groups is 1. The van der Waals surface area contributed by atoms with Crippen LogP contribution in [-0.4, -0.2) is 33.9 Å². The second kappa shape index (κ2) is 6.16. The van der Waals surface area contributed by atoms with E-state index in [1.807, 2.05) is 17.2 Å². The number of hydrogen-bond donors (Lipinski definition) is 1. The van der Waals surface area contributed by atoms with Crippen molar-refractivity contribution in [2.45, 2.75) is 44.9 Å². The number of rotatable bonds is 2. The summed E-state index contributed by atoms with van der Waals surface area (Å²) in [6, 6.07) is 1.82. The Hall–Kier alpha value is -1.95. The summed E-state index contributed by atoms with van der Waals surface area (Å²) >= 11 is 1.71. The van der Waals surface area contributed by atoms with Crippen LogP contribution in [0.5, 0.6) is 0 Å². The molecule has 5 nitrogen and oxygen atoms in total. The molecule has 1 fully saturated rings. The van der Waals surface area contributed by atoms with Gasteiger partial charge < -0.3 is 9.88 Å². The summed E-state index contributed by atoms with van der Waals surface area (Å²) in [5.74, 6) is 0.152. The third-order valence-corrected chi connectivity index (χ3v) is 6.09. The molecule has 0 spiro atoms. The number of amides is 1. The summed E-state index contributed by atoms with van der Waals surface area (Å²) < 4.78 is 0. The van der Waals surface area contributed by atoms with E-state index in [2.05, 4.69) is 16.9 Å². The van der Waals surface area contributed by atoms with E-state index in [1.54, 1.807) is 11.3 Å². The van der Waals surface area contributed by atoms with Crippen molar-refractivity contribution in [1.82, 2.24) is 14.9 Å². The molecular weight excluding hydrogens is 322 g/mol. The Bertz CT molecular complexity index is 839. The van der Waals surface area contributed by atoms with Crippen molar-refractivity contribution in [2.75, 3.05) is 13.1 Å². The summed E-state index contributed by atoms with van der Waals surface area (Å²) in [5.41, 5.74) is 2.19. The van der Waals surface area contributed by atoms with Gasteiger partial charge in [0.15, 0.2) is 0 Å². The molecule has 0 radical (unpaired) electrons. The molecule has 3 heterocycles. The van der Waals surface area contributed by atoms with Crippen molar-refractivity contribution >= 4 is 17.2 Å². The van der Waals surface area contributed by atoms with E-state index in [0.29, 0.717) is 12.1 Å². The maximum absolute atomic E-state index is 12.9. The van der Waals surface area contributed by atoms with Crippen LogP contribution in [0.2, 0.25) is 0 Å². The third-order valence-electron chi connectivity index (χ3n) is 5.02. The molecule has 0 saturated carbocycles. The van der Waals surface area contributed by atoms with Gasteiger partial charge in [0.05, 0.1) is 5.01 Å². The molecule has 1 N–H and O–H groups in total. The fourth-order valence-corrected chi connectivity index (χ4v) is 4.67. The Morgan fingerprint density at radius 3 is 3.04 bits per heavy atom. The number of nitrogens with one attached hydrogen (secondary N) is 1. The first-order valence-corrected chi connectivity index (χ1v) is 9.40. The SMILES string of the molecule is Cc1cnc(C2CCCN(C(=O)c3cc4c([nH]c3=O)CCC4)C2)s1. The number of likely N-dealkylation sites (tertiary alicyclic amines) is 1. The predicted octanol–water partition coefficient (Wildman–Crippen LogP) is 2.65. The molecule has 0 bridgehead atoms. The number of aryl methyl sites for hydroxylation is 3. The molecule has 1 aliphatic carbocycles. The van der Waals surface area contributed by atoms with Gasteiger partial charge >= 0.3 is 0 Å². The second-order valence-electron chi connectivity index (χ2n) is 6.77. The minimum absolute atomic E-state index is 0.135. The van der Waals surface area contributed by atoms with Crippen LogP contribution < -0.4 is 5.56 Å². The quantitative estimate of drug-likeness (QED) is 0.911. The average Bonchev–Trinajstić information content (AvgIpc) is 3.22. The summed E-state index contributed by atoms with van der Waals surface area (Å²) in [6.45, 7) is 3.43. The first-order valence-electron chi connectivity index (χ1n) is 8.58. The summed E-state index contributed by atoms with van der Waals surface area (Å²) in [4.78, 5) is 35.6. The second-order valence-corrected chi connectivity index (χ2v) is 8.04. The lowest BCUT2D eigenvalue weighted by Gasteiger charge is -2.31. The molecule has 1 aliphatic heterocycles. The lowest BCUT2D eigenvalue weighted by Crippen LogP contribution is -2.41. The Labute approximate surface area is 144 Å². The van der Waals surface area contributed by atoms with Gasteiger partial charge in [-0.1, -0.05) is 0 Å². The molecule has 1 amide bonds. The summed E-state index contributed by atoms with van der Waals surface area (Å²) in [7, 11) is 0. The zero-order valence-electron chi connectivity index (χ0n) is 13.8. The first-order chi connectivity index (χ1) is 11.6. The number of thiazole rings is 1. The van der Waals surface area contributed by atoms with E-state index >= 15 is 0 Å². The van der Waals surface area contributed by atoms with Crippen molar-refractivity contribution in [1.29, 1.82) is 0 Å². The fraction of sp³-hybridized carbons (Fsp3) is 0.500. The summed E-state index contributed by atoms with van der Waals surface area (Å²) in [5, 5.41) is 1.10. The summed E-state index contributed by atoms with van der Waals surface area (Å²) in [6.07, 6.45) is 6.82. The topological polar surface area (TPSA) is 66.1 Å². The number of aromatic amines is 1. The van der Waals surface area contributed by atoms with E-state index in [9.17, 15) is 9.59 Å². The Balaban J connectivity index is 1.57. The van der Waals surface area contributed by atoms with E-state index in [-0.39, 0.29) is 17.4 Å². The highest BCUT2D eigenvalue weighted by Gasteiger charge is 2.29. The van der Waals surface area contributed by atoms with Crippen molar-refractivity contribution in [3.05, 3.63) is 49.3 Å². The van der Waals surface area contributed by atoms with Gasteiger partial charge in [-0.25, -0.2) is 4.98 Å². The maximum Gasteiger partial charge on any atom is 0.261 e. The van der Waals surface area contributed by atoms with Crippen LogP contribution in [0, 0.1) is 6.92 Å². The lowest BCUT2D eigenvalue weighted by molar-refractivity contribution is 0.0705. The van der Waals surface area contributed by atoms with Crippen molar-refractivity contribution in [3.8, 4) is 0 Å². The highest BCUT2D eigenvalue weighted by molar-refractivity contribution is 7.11. The van der Waals surface area contributed by atoms with Gasteiger partial charge in [-0.3, -0.25) is 9.59 Å². The first kappa shape index (κ1) is 15.6. The number of hydrogen-bond acceptors (Lipinski definition) is 4. The number of H-pyrrole nitrogens is 1. The van der Waals surface area contributed by atoms with E-state index in [0.717, 1.165) is 54.9 Å². The van der Waals surface area contributed by atoms with Crippen LogP contribution in [0.25, 0.3) is 0 Å². The normalized spacial score (nSPS) is 20.2. The minimum Gasteiger partial charge on any atom is -0.338 e. The molecule has 1 saturated heterocycles. The largest absolute Gasteiger partial charge is 0.338 e. The van der Waals surface area contributed by atoms with Crippen LogP contribution in [0.1, 0.15) is 56.7 Å². The van der Waals surface area contributed by atoms with E-state index < -0.39 is 0 Å². The fourth-order valence-electron chi connectivity index (χ4n) is 3.77. The molecule has 4 rings (SSSR count). The van der Waals surface area contributed by atoms with Gasteiger partial charge in [0, 0.05) is 35.8 Å². The van der Waals surface area contributed by atoms with E-state index in [4.69, 9.17) is 0 Å². The maximum atomic E-state index is 12.9. The van der Waals surface area contributed by atoms with Crippen LogP contribution in [-0.2, 0) is 12.8 Å². The number of pyridine rings is 1. The number of carbonyl (C=O) groups excluding carboxylic acids is 1. The van der Waals surface area contributed by atoms with Gasteiger partial charge in [0.25, 0.3) is 11.5 Å². The van der Waals surface area contributed by atoms with Crippen LogP contribution in [0.3, 0.4) is 0 Å². The molecule has 1 atom stereocenters. The van der Waals surface area contributed by atoms with Gasteiger partial charge in [-0.2, -0.15) is 0 Å². The molecular formula is C18H21N3O2S. The Morgan fingerprint density at radius 1 is 1.38 bits per heavy atom. The smallest absolute Gasteiger partial charge is 0.261 e. The monoisotopic (exact) mass is 343 g/mol. The highest BCUT2D eigenvalue weighted by atomic mass is 32.1. The Kier molecular flexibility index (Phi) is 4.00. The van der Waals surface area contributed by atoms with Crippen molar-refractivity contribution in [3.63, 3.8) is 0 Å². The number of nitrogens with zero attached hydrogens (tertiary/aromatic N) is 2. The third kappa shape index (κ3) is 2.79. The zero-order valence-corrected chi connectivity index (χ0v) is 14.6. The highest BCUT2D eigenvalue weighted by Crippen LogP contribution is 2.30. The van der Waals surface area contributed by atoms with Crippen LogP contribution in [0.4, 0.5) is 0 Å². The molecule has 2 aliphatic rings. The minimum atomic E-state index is -0.243. The molecule has 2 aromatic heterocycles. The molecule has 6 heteroatoms. The molecule has 1 unspecified atom stereocenters. The molecule has 2 aromatic rings. The van der Waals surface area contributed by atoms with Crippen LogP contribution in [0.15, 0.2) is 17.1 Å². The van der Waals surface area contributed by atoms with Gasteiger partial charge in [0.2, 0.25) is 0 Å². The Morgan fingerprint density at radius 2 is 2.25 bits per heavy atom. The standard InChI is InChI=1S/C18H21N3O2S/c1-11-9-19-17(24-11)13-5-3-7-21(10-13)18(23)14-8-12-4-2-6-15(12)20-16(14)22/h8-9,13H,2-7,10H2,1H3,(H,20,22). The van der Waals surface area contributed by atoms with Crippen molar-refractivity contribution < 1.29 is 4.79 Å². The molecule has 126 valence electrons. The number of aromatic nitrogens is 2. The van der Waals surface area contributed by atoms with Crippen LogP contribution >= 0.6 is 11.3 Å². The predicted molar refractivity (Wildman–Crippen MR) is 93.8 cm³/mol. The number of fused-ring (bicyclic) bond motifs is 1. The van der Waals surface area contributed by atoms with E-state index in [1.165, 1.54) is 4.88 Å². The lowest BCUT2D eigenvalue weighted by atomic mass is 9.98. The molecule has 0 aromatic carbocycles. The number of piperidine rings is 1. The average molecular weight is 343 g/mol. The van der Waals surface area contributed by atoms with Gasteiger partial charge in [0.1, 0.15) is 5.56 Å². The zero-order chi connectivity index (χ0) is 16.7. The molecule has 24 heavy (non-hydrogen) atoms. The van der Waals surface area contributed by atoms with Gasteiger partial charge in [-0.05, 0) is 50.7 Å².